The minimum absolute atomic E-state index is 0.0262. The van der Waals surface area contributed by atoms with Crippen molar-refractivity contribution < 1.29 is 32.3 Å². The largest absolute Gasteiger partial charge is 0.473 e. The van der Waals surface area contributed by atoms with Gasteiger partial charge in [0.2, 0.25) is 11.8 Å². The smallest absolute Gasteiger partial charge is 0.267 e. The van der Waals surface area contributed by atoms with Crippen LogP contribution in [-0.4, -0.2) is 94.4 Å². The van der Waals surface area contributed by atoms with Crippen molar-refractivity contribution in [2.24, 2.45) is 0 Å². The number of nitrogens with one attached hydrogen (secondary N) is 1. The topological polar surface area (TPSA) is 105 Å². The normalized spacial score (nSPS) is 17.7. The Bertz CT molecular complexity index is 1890. The Kier molecular flexibility index (Phi) is 16.4. The number of aromatic nitrogens is 3. The number of alkyl halides is 3. The van der Waals surface area contributed by atoms with Gasteiger partial charge in [-0.1, -0.05) is 70.2 Å². The first kappa shape index (κ1) is 43.7. The molecule has 1 saturated carbocycles. The summed E-state index contributed by atoms with van der Waals surface area (Å²) in [7, 11) is 0. The van der Waals surface area contributed by atoms with E-state index in [4.69, 9.17) is 19.5 Å². The average Bonchev–Trinajstić information content (AvgIpc) is 4.00. The number of hydrogen-bond donors (Lipinski definition) is 1. The van der Waals surface area contributed by atoms with E-state index in [2.05, 4.69) is 21.8 Å². The quantitative estimate of drug-likeness (QED) is 0.162. The molecule has 310 valence electrons. The number of carbonyl (C=O) groups excluding carboxylic acids is 2. The van der Waals surface area contributed by atoms with E-state index >= 15 is 0 Å². The number of rotatable bonds is 10. The summed E-state index contributed by atoms with van der Waals surface area (Å²) in [6.45, 7) is 6.60. The van der Waals surface area contributed by atoms with Crippen molar-refractivity contribution in [3.05, 3.63) is 89.1 Å². The van der Waals surface area contributed by atoms with Crippen molar-refractivity contribution >= 4 is 34.4 Å². The second-order valence-electron chi connectivity index (χ2n) is 14.2. The summed E-state index contributed by atoms with van der Waals surface area (Å²) < 4.78 is 48.7. The summed E-state index contributed by atoms with van der Waals surface area (Å²) in [5.74, 6) is -2.72. The molecule has 1 N–H and O–H groups in total. The van der Waals surface area contributed by atoms with E-state index in [9.17, 15) is 22.8 Å². The maximum absolute atomic E-state index is 14.0. The molecule has 15 heteroatoms. The molecular formula is C42H55ClF3N7O4. The van der Waals surface area contributed by atoms with Crippen LogP contribution in [-0.2, 0) is 22.8 Å². The van der Waals surface area contributed by atoms with Crippen molar-refractivity contribution in [2.75, 3.05) is 57.4 Å². The van der Waals surface area contributed by atoms with Gasteiger partial charge in [0.05, 0.1) is 43.8 Å². The minimum Gasteiger partial charge on any atom is -0.473 e. The molecule has 1 aliphatic carbocycles. The van der Waals surface area contributed by atoms with E-state index in [1.165, 1.54) is 44.6 Å². The molecule has 3 saturated heterocycles. The zero-order valence-electron chi connectivity index (χ0n) is 33.2. The molecule has 4 aromatic rings. The van der Waals surface area contributed by atoms with Crippen LogP contribution in [0.15, 0.2) is 60.7 Å². The number of pyridine rings is 1. The predicted octanol–water partition coefficient (Wildman–Crippen LogP) is 7.84. The van der Waals surface area contributed by atoms with Gasteiger partial charge in [-0.15, -0.1) is 11.6 Å². The van der Waals surface area contributed by atoms with Crippen LogP contribution in [0.3, 0.4) is 0 Å². The number of ether oxygens (including phenoxy) is 1. The number of hydrogen-bond acceptors (Lipinski definition) is 8. The molecule has 11 nitrogen and oxygen atoms in total. The highest BCUT2D eigenvalue weighted by molar-refractivity contribution is 6.15. The SMILES string of the molecule is C1CCCC1.CC.CCl.O=C(NCC(=O)N1CCC(F)(F)C1)c1ccc2c(c1)nc(CN1CCC(c3cccc(OCc4ccccc4F)n3)CC1)n2N1CCO1. The highest BCUT2D eigenvalue weighted by atomic mass is 35.5. The molecule has 0 bridgehead atoms. The number of benzene rings is 2. The van der Waals surface area contributed by atoms with Crippen LogP contribution >= 0.6 is 11.6 Å². The second-order valence-corrected chi connectivity index (χ2v) is 14.2. The summed E-state index contributed by atoms with van der Waals surface area (Å²) in [4.78, 5) is 43.9. The number of halogens is 4. The minimum atomic E-state index is -2.89. The number of hydroxylamine groups is 1. The van der Waals surface area contributed by atoms with Gasteiger partial charge in [0.15, 0.2) is 0 Å². The van der Waals surface area contributed by atoms with Crippen LogP contribution in [0, 0.1) is 5.82 Å². The van der Waals surface area contributed by atoms with Crippen molar-refractivity contribution in [1.82, 2.24) is 29.8 Å². The van der Waals surface area contributed by atoms with Gasteiger partial charge < -0.3 is 15.0 Å². The van der Waals surface area contributed by atoms with Crippen LogP contribution in [0.25, 0.3) is 11.0 Å². The van der Waals surface area contributed by atoms with E-state index < -0.39 is 24.3 Å². The van der Waals surface area contributed by atoms with Crippen LogP contribution < -0.4 is 15.2 Å². The second kappa shape index (κ2) is 21.4. The van der Waals surface area contributed by atoms with Gasteiger partial charge in [0.25, 0.3) is 11.8 Å². The fourth-order valence-corrected chi connectivity index (χ4v) is 7.24. The summed E-state index contributed by atoms with van der Waals surface area (Å²) in [5, 5.41) is 4.30. The number of imidazole rings is 1. The predicted molar refractivity (Wildman–Crippen MR) is 216 cm³/mol. The van der Waals surface area contributed by atoms with Crippen molar-refractivity contribution in [3.8, 4) is 5.88 Å². The van der Waals surface area contributed by atoms with Gasteiger partial charge in [-0.05, 0) is 56.3 Å². The Labute approximate surface area is 338 Å². The first-order valence-corrected chi connectivity index (χ1v) is 20.8. The van der Waals surface area contributed by atoms with Crippen LogP contribution in [0.5, 0.6) is 5.88 Å². The highest BCUT2D eigenvalue weighted by Gasteiger charge is 2.40. The van der Waals surface area contributed by atoms with E-state index in [0.717, 1.165) is 47.9 Å². The lowest BCUT2D eigenvalue weighted by molar-refractivity contribution is -0.130. The van der Waals surface area contributed by atoms with E-state index in [0.29, 0.717) is 42.2 Å². The van der Waals surface area contributed by atoms with Gasteiger partial charge in [-0.3, -0.25) is 19.3 Å². The van der Waals surface area contributed by atoms with E-state index in [1.54, 1.807) is 47.6 Å². The monoisotopic (exact) mass is 813 g/mol. The number of likely N-dealkylation sites (tertiary alicyclic amines) is 2. The van der Waals surface area contributed by atoms with Gasteiger partial charge in [0, 0.05) is 48.2 Å². The van der Waals surface area contributed by atoms with Crippen LogP contribution in [0.2, 0.25) is 0 Å². The van der Waals surface area contributed by atoms with Gasteiger partial charge in [-0.25, -0.2) is 27.8 Å². The molecule has 3 aliphatic heterocycles. The van der Waals surface area contributed by atoms with Crippen LogP contribution in [0.1, 0.15) is 98.6 Å². The third kappa shape index (κ3) is 11.8. The summed E-state index contributed by atoms with van der Waals surface area (Å²) in [6, 6.07) is 17.4. The van der Waals surface area contributed by atoms with Crippen LogP contribution in [0.4, 0.5) is 13.2 Å². The fourth-order valence-electron chi connectivity index (χ4n) is 7.24. The zero-order valence-corrected chi connectivity index (χ0v) is 34.0. The van der Waals surface area contributed by atoms with Gasteiger partial charge in [-0.2, -0.15) is 5.17 Å². The standard InChI is InChI=1S/C34H36F3N7O4.C5H10.C2H6.CH3Cl/c35-26-5-2-1-4-25(26)21-47-31-7-3-6-27(40-31)23-10-13-41(14-11-23)20-30-39-28-18-24(8-9-29(28)44(30)43-16-17-48-43)33(46)38-19-32(45)42-15-12-34(36,37)22-42;1-2-4-5-3-1;2*1-2/h1-9,18,23H,10-17,19-22H2,(H,38,46);1-5H2;1-2H3;1H3. The molecule has 0 atom stereocenters. The van der Waals surface area contributed by atoms with Gasteiger partial charge >= 0.3 is 0 Å². The molecule has 4 aliphatic rings. The molecule has 2 amide bonds. The highest BCUT2D eigenvalue weighted by Crippen LogP contribution is 2.30. The van der Waals surface area contributed by atoms with Crippen molar-refractivity contribution in [2.45, 2.75) is 90.2 Å². The maximum atomic E-state index is 14.0. The average molecular weight is 814 g/mol. The third-order valence-corrected chi connectivity index (χ3v) is 10.3. The van der Waals surface area contributed by atoms with Gasteiger partial charge in [0.1, 0.15) is 18.2 Å². The fraction of sp³-hybridized carbons (Fsp3) is 0.524. The Morgan fingerprint density at radius 3 is 2.26 bits per heavy atom. The molecule has 0 radical (unpaired) electrons. The molecule has 0 spiro atoms. The Hall–Kier alpha value is -4.40. The Morgan fingerprint density at radius 2 is 1.63 bits per heavy atom. The number of amides is 2. The molecule has 5 heterocycles. The Balaban J connectivity index is 0.000000623. The molecule has 8 rings (SSSR count). The molecular weight excluding hydrogens is 759 g/mol. The zero-order chi connectivity index (χ0) is 40.8. The summed E-state index contributed by atoms with van der Waals surface area (Å²) in [6.07, 6.45) is 10.4. The summed E-state index contributed by atoms with van der Waals surface area (Å²) >= 11 is 4.64. The van der Waals surface area contributed by atoms with Crippen molar-refractivity contribution in [3.63, 3.8) is 0 Å². The lowest BCUT2D eigenvalue weighted by Gasteiger charge is -2.35. The molecule has 0 unspecified atom stereocenters. The summed E-state index contributed by atoms with van der Waals surface area (Å²) in [5.41, 5.74) is 3.13. The molecule has 4 fully saturated rings. The Morgan fingerprint density at radius 1 is 0.930 bits per heavy atom. The number of fused-ring (bicyclic) bond motifs is 1. The first-order valence-electron chi connectivity index (χ1n) is 20.0. The molecule has 2 aromatic carbocycles. The number of piperidine rings is 1. The first-order chi connectivity index (χ1) is 27.7. The van der Waals surface area contributed by atoms with E-state index in [1.807, 2.05) is 30.7 Å². The van der Waals surface area contributed by atoms with Crippen molar-refractivity contribution in [1.29, 1.82) is 0 Å². The molecule has 2 aromatic heterocycles. The maximum Gasteiger partial charge on any atom is 0.267 e. The molecule has 57 heavy (non-hydrogen) atoms. The number of nitrogens with zero attached hydrogens (tertiary/aromatic N) is 6. The number of carbonyl (C=O) groups is 2. The lowest BCUT2D eigenvalue weighted by Crippen LogP contribution is -2.48. The van der Waals surface area contributed by atoms with E-state index in [-0.39, 0.29) is 37.9 Å². The lowest BCUT2D eigenvalue weighted by atomic mass is 9.93. The third-order valence-electron chi connectivity index (χ3n) is 10.3.